The molecule has 0 aromatic rings. The molecular weight excluding hydrogens is 176 g/mol. The van der Waals surface area contributed by atoms with Gasteiger partial charge in [0.2, 0.25) is 0 Å². The standard InChI is InChI=1S/C11H22N2O/c1-9(2)8-14-12-11-7-13-5-3-10(11)4-6-13/h9-12H,3-8H2,1-2H3. The second kappa shape index (κ2) is 4.60. The molecule has 3 aliphatic rings. The number of hydroxylamine groups is 1. The first-order valence-corrected chi connectivity index (χ1v) is 5.85. The molecule has 2 bridgehead atoms. The van der Waals surface area contributed by atoms with E-state index >= 15 is 0 Å². The molecular formula is C11H22N2O. The molecule has 0 radical (unpaired) electrons. The molecule has 1 unspecified atom stereocenters. The molecule has 0 aromatic carbocycles. The summed E-state index contributed by atoms with van der Waals surface area (Å²) >= 11 is 0. The van der Waals surface area contributed by atoms with Crippen molar-refractivity contribution < 1.29 is 4.84 Å². The molecule has 0 saturated carbocycles. The van der Waals surface area contributed by atoms with Gasteiger partial charge in [-0.1, -0.05) is 13.8 Å². The molecule has 3 heterocycles. The monoisotopic (exact) mass is 198 g/mol. The fourth-order valence-electron chi connectivity index (χ4n) is 2.42. The third-order valence-electron chi connectivity index (χ3n) is 3.31. The van der Waals surface area contributed by atoms with Gasteiger partial charge in [0.05, 0.1) is 6.61 Å². The fourth-order valence-corrected chi connectivity index (χ4v) is 2.42. The van der Waals surface area contributed by atoms with Crippen LogP contribution in [0.15, 0.2) is 0 Å². The number of nitrogens with one attached hydrogen (secondary N) is 1. The van der Waals surface area contributed by atoms with Crippen molar-refractivity contribution in [2.45, 2.75) is 32.7 Å². The van der Waals surface area contributed by atoms with Gasteiger partial charge in [0.1, 0.15) is 0 Å². The molecule has 0 aliphatic carbocycles. The number of hydrogen-bond donors (Lipinski definition) is 1. The summed E-state index contributed by atoms with van der Waals surface area (Å²) in [6.07, 6.45) is 2.70. The van der Waals surface area contributed by atoms with E-state index in [1.54, 1.807) is 0 Å². The fraction of sp³-hybridized carbons (Fsp3) is 1.00. The van der Waals surface area contributed by atoms with Crippen LogP contribution >= 0.6 is 0 Å². The van der Waals surface area contributed by atoms with Crippen LogP contribution in [0.4, 0.5) is 0 Å². The molecule has 3 saturated heterocycles. The number of fused-ring (bicyclic) bond motifs is 3. The van der Waals surface area contributed by atoms with Gasteiger partial charge >= 0.3 is 0 Å². The maximum absolute atomic E-state index is 5.51. The largest absolute Gasteiger partial charge is 0.302 e. The average Bonchev–Trinajstić information content (AvgIpc) is 2.19. The minimum atomic E-state index is 0.580. The van der Waals surface area contributed by atoms with Crippen LogP contribution in [0.3, 0.4) is 0 Å². The minimum Gasteiger partial charge on any atom is -0.302 e. The van der Waals surface area contributed by atoms with Crippen molar-refractivity contribution in [2.24, 2.45) is 11.8 Å². The van der Waals surface area contributed by atoms with E-state index in [4.69, 9.17) is 4.84 Å². The highest BCUT2D eigenvalue weighted by atomic mass is 16.6. The van der Waals surface area contributed by atoms with Gasteiger partial charge in [0.25, 0.3) is 0 Å². The summed E-state index contributed by atoms with van der Waals surface area (Å²) in [6.45, 7) is 8.96. The summed E-state index contributed by atoms with van der Waals surface area (Å²) in [7, 11) is 0. The smallest absolute Gasteiger partial charge is 0.0705 e. The molecule has 14 heavy (non-hydrogen) atoms. The van der Waals surface area contributed by atoms with E-state index < -0.39 is 0 Å². The van der Waals surface area contributed by atoms with Crippen molar-refractivity contribution in [3.05, 3.63) is 0 Å². The second-order valence-corrected chi connectivity index (χ2v) is 5.07. The lowest BCUT2D eigenvalue weighted by molar-refractivity contribution is -0.0516. The highest BCUT2D eigenvalue weighted by Crippen LogP contribution is 2.27. The Morgan fingerprint density at radius 1 is 1.36 bits per heavy atom. The topological polar surface area (TPSA) is 24.5 Å². The van der Waals surface area contributed by atoms with Crippen LogP contribution in [0.1, 0.15) is 26.7 Å². The Bertz CT molecular complexity index is 176. The molecule has 0 aromatic heterocycles. The van der Waals surface area contributed by atoms with Gasteiger partial charge in [-0.05, 0) is 37.8 Å². The zero-order valence-electron chi connectivity index (χ0n) is 9.33. The molecule has 1 N–H and O–H groups in total. The predicted octanol–water partition coefficient (Wildman–Crippen LogP) is 1.26. The zero-order chi connectivity index (χ0) is 9.97. The van der Waals surface area contributed by atoms with Gasteiger partial charge in [0.15, 0.2) is 0 Å². The molecule has 3 fully saturated rings. The van der Waals surface area contributed by atoms with E-state index in [1.165, 1.54) is 32.5 Å². The number of hydrogen-bond acceptors (Lipinski definition) is 3. The Morgan fingerprint density at radius 2 is 2.07 bits per heavy atom. The first-order valence-electron chi connectivity index (χ1n) is 5.85. The summed E-state index contributed by atoms with van der Waals surface area (Å²) in [6, 6.07) is 0.580. The third kappa shape index (κ3) is 2.47. The Morgan fingerprint density at radius 3 is 2.57 bits per heavy atom. The van der Waals surface area contributed by atoms with E-state index in [2.05, 4.69) is 24.2 Å². The van der Waals surface area contributed by atoms with Gasteiger partial charge in [-0.15, -0.1) is 0 Å². The molecule has 3 heteroatoms. The lowest BCUT2D eigenvalue weighted by Gasteiger charge is -2.44. The van der Waals surface area contributed by atoms with Crippen LogP contribution in [0.25, 0.3) is 0 Å². The molecule has 3 nitrogen and oxygen atoms in total. The Balaban J connectivity index is 1.71. The quantitative estimate of drug-likeness (QED) is 0.688. The average molecular weight is 198 g/mol. The Hall–Kier alpha value is -0.120. The van der Waals surface area contributed by atoms with Crippen LogP contribution in [-0.4, -0.2) is 37.2 Å². The molecule has 1 atom stereocenters. The summed E-state index contributed by atoms with van der Waals surface area (Å²) in [5.41, 5.74) is 3.24. The highest BCUT2D eigenvalue weighted by molar-refractivity contribution is 4.89. The van der Waals surface area contributed by atoms with E-state index in [1.807, 2.05) is 0 Å². The number of nitrogens with zero attached hydrogens (tertiary/aromatic N) is 1. The molecule has 82 valence electrons. The first-order chi connectivity index (χ1) is 6.75. The summed E-state index contributed by atoms with van der Waals surface area (Å²) < 4.78 is 0. The van der Waals surface area contributed by atoms with E-state index in [-0.39, 0.29) is 0 Å². The van der Waals surface area contributed by atoms with Crippen LogP contribution in [0.5, 0.6) is 0 Å². The Labute approximate surface area is 86.8 Å². The second-order valence-electron chi connectivity index (χ2n) is 5.07. The molecule has 0 amide bonds. The lowest BCUT2D eigenvalue weighted by atomic mass is 9.84. The van der Waals surface area contributed by atoms with Crippen molar-refractivity contribution >= 4 is 0 Å². The third-order valence-corrected chi connectivity index (χ3v) is 3.31. The van der Waals surface area contributed by atoms with Crippen LogP contribution in [-0.2, 0) is 4.84 Å². The predicted molar refractivity (Wildman–Crippen MR) is 56.9 cm³/mol. The van der Waals surface area contributed by atoms with Crippen molar-refractivity contribution in [3.8, 4) is 0 Å². The molecule has 0 spiro atoms. The maximum atomic E-state index is 5.51. The van der Waals surface area contributed by atoms with Crippen molar-refractivity contribution in [1.29, 1.82) is 0 Å². The van der Waals surface area contributed by atoms with Gasteiger partial charge < -0.3 is 9.74 Å². The van der Waals surface area contributed by atoms with Crippen LogP contribution < -0.4 is 5.48 Å². The SMILES string of the molecule is CC(C)CONC1CN2CCC1CC2. The van der Waals surface area contributed by atoms with E-state index in [0.29, 0.717) is 12.0 Å². The van der Waals surface area contributed by atoms with Crippen LogP contribution in [0, 0.1) is 11.8 Å². The van der Waals surface area contributed by atoms with Gasteiger partial charge in [0, 0.05) is 12.6 Å². The maximum Gasteiger partial charge on any atom is 0.0705 e. The molecule has 3 aliphatic heterocycles. The number of piperidine rings is 3. The highest BCUT2D eigenvalue weighted by Gasteiger charge is 2.33. The van der Waals surface area contributed by atoms with Crippen molar-refractivity contribution in [2.75, 3.05) is 26.2 Å². The normalized spacial score (nSPS) is 36.6. The number of rotatable bonds is 4. The van der Waals surface area contributed by atoms with Crippen molar-refractivity contribution in [3.63, 3.8) is 0 Å². The minimum absolute atomic E-state index is 0.580. The van der Waals surface area contributed by atoms with Gasteiger partial charge in [-0.2, -0.15) is 5.48 Å². The van der Waals surface area contributed by atoms with E-state index in [9.17, 15) is 0 Å². The van der Waals surface area contributed by atoms with E-state index in [0.717, 1.165) is 12.5 Å². The van der Waals surface area contributed by atoms with Gasteiger partial charge in [-0.3, -0.25) is 0 Å². The van der Waals surface area contributed by atoms with Crippen LogP contribution in [0.2, 0.25) is 0 Å². The summed E-state index contributed by atoms with van der Waals surface area (Å²) in [4.78, 5) is 8.05. The zero-order valence-corrected chi connectivity index (χ0v) is 9.33. The molecule has 3 rings (SSSR count). The summed E-state index contributed by atoms with van der Waals surface area (Å²) in [5, 5.41) is 0. The summed E-state index contributed by atoms with van der Waals surface area (Å²) in [5.74, 6) is 1.47. The Kier molecular flexibility index (Phi) is 3.42. The first kappa shape index (κ1) is 10.4. The van der Waals surface area contributed by atoms with Crippen molar-refractivity contribution in [1.82, 2.24) is 10.4 Å². The lowest BCUT2D eigenvalue weighted by Crippen LogP contribution is -2.56. The van der Waals surface area contributed by atoms with Gasteiger partial charge in [-0.25, -0.2) is 0 Å².